The largest absolute Gasteiger partial charge is 0.342 e. The summed E-state index contributed by atoms with van der Waals surface area (Å²) in [6, 6.07) is 11.8. The third-order valence-electron chi connectivity index (χ3n) is 5.44. The van der Waals surface area contributed by atoms with Crippen LogP contribution in [0.25, 0.3) is 11.1 Å². The van der Waals surface area contributed by atoms with Crippen molar-refractivity contribution >= 4 is 17.0 Å². The summed E-state index contributed by atoms with van der Waals surface area (Å²) in [7, 11) is 0. The van der Waals surface area contributed by atoms with Crippen molar-refractivity contribution in [1.29, 1.82) is 0 Å². The number of benzene rings is 1. The molecule has 0 aliphatic carbocycles. The molecule has 160 valence electrons. The first-order valence-corrected chi connectivity index (χ1v) is 10.6. The summed E-state index contributed by atoms with van der Waals surface area (Å²) in [4.78, 5) is 22.4. The zero-order chi connectivity index (χ0) is 22.0. The van der Waals surface area contributed by atoms with Crippen molar-refractivity contribution in [2.24, 2.45) is 0 Å². The van der Waals surface area contributed by atoms with E-state index < -0.39 is 0 Å². The summed E-state index contributed by atoms with van der Waals surface area (Å²) >= 11 is 0. The Morgan fingerprint density at radius 2 is 2.00 bits per heavy atom. The maximum absolute atomic E-state index is 13.4. The number of rotatable bonds is 7. The minimum Gasteiger partial charge on any atom is -0.342 e. The summed E-state index contributed by atoms with van der Waals surface area (Å²) in [6.45, 7) is 8.63. The normalized spacial score (nSPS) is 12.4. The number of carbonyl (C=O) groups excluding carboxylic acids is 1. The zero-order valence-corrected chi connectivity index (χ0v) is 18.3. The highest BCUT2D eigenvalue weighted by Crippen LogP contribution is 2.26. The monoisotopic (exact) mass is 417 g/mol. The molecule has 0 saturated heterocycles. The van der Waals surface area contributed by atoms with E-state index in [1.165, 1.54) is 5.56 Å². The molecule has 4 aromatic rings. The highest BCUT2D eigenvalue weighted by molar-refractivity contribution is 6.06. The predicted octanol–water partition coefficient (Wildman–Crippen LogP) is 4.78. The van der Waals surface area contributed by atoms with Crippen LogP contribution in [0.3, 0.4) is 0 Å². The summed E-state index contributed by atoms with van der Waals surface area (Å²) < 4.78 is 7.44. The first-order chi connectivity index (χ1) is 15.0. The van der Waals surface area contributed by atoms with Crippen molar-refractivity contribution in [2.75, 3.05) is 0 Å². The maximum Gasteiger partial charge on any atom is 0.259 e. The van der Waals surface area contributed by atoms with Gasteiger partial charge in [-0.05, 0) is 30.9 Å². The Morgan fingerprint density at radius 3 is 2.71 bits per heavy atom. The molecule has 0 fully saturated rings. The van der Waals surface area contributed by atoms with Crippen LogP contribution in [0.15, 0.2) is 53.3 Å². The molecule has 7 nitrogen and oxygen atoms in total. The quantitative estimate of drug-likeness (QED) is 0.468. The second-order valence-electron chi connectivity index (χ2n) is 8.03. The molecule has 31 heavy (non-hydrogen) atoms. The average Bonchev–Trinajstić information content (AvgIpc) is 3.38. The Balaban J connectivity index is 1.64. The Hall–Kier alpha value is -3.48. The van der Waals surface area contributed by atoms with E-state index in [0.29, 0.717) is 35.3 Å². The third-order valence-corrected chi connectivity index (χ3v) is 5.44. The number of imidazole rings is 1. The van der Waals surface area contributed by atoms with E-state index in [1.54, 1.807) is 6.20 Å². The molecule has 0 spiro atoms. The van der Waals surface area contributed by atoms with Gasteiger partial charge in [0.1, 0.15) is 5.82 Å². The molecule has 0 saturated carbocycles. The van der Waals surface area contributed by atoms with Crippen molar-refractivity contribution in [1.82, 2.24) is 25.0 Å². The standard InChI is InChI=1S/C24H27N5O2/c1-5-19(22-25-11-12-29(22)14-17-9-7-6-8-10-17)26-23(30)18-13-20(15(2)3)27-24-21(18)16(4)28-31-24/h6-13,15,19H,5,14H2,1-4H3,(H,26,30). The van der Waals surface area contributed by atoms with Gasteiger partial charge >= 0.3 is 0 Å². The number of carbonyl (C=O) groups is 1. The van der Waals surface area contributed by atoms with Gasteiger partial charge in [-0.3, -0.25) is 4.79 Å². The molecule has 1 atom stereocenters. The van der Waals surface area contributed by atoms with Crippen molar-refractivity contribution in [3.8, 4) is 0 Å². The highest BCUT2D eigenvalue weighted by Gasteiger charge is 2.23. The van der Waals surface area contributed by atoms with Crippen LogP contribution in [-0.2, 0) is 6.54 Å². The lowest BCUT2D eigenvalue weighted by Gasteiger charge is -2.19. The number of fused-ring (bicyclic) bond motifs is 1. The fourth-order valence-electron chi connectivity index (χ4n) is 3.72. The lowest BCUT2D eigenvalue weighted by atomic mass is 10.0. The first-order valence-electron chi connectivity index (χ1n) is 10.6. The number of aromatic nitrogens is 4. The van der Waals surface area contributed by atoms with Gasteiger partial charge in [0.2, 0.25) is 0 Å². The van der Waals surface area contributed by atoms with Crippen LogP contribution in [0.1, 0.15) is 72.3 Å². The number of hydrogen-bond acceptors (Lipinski definition) is 5. The van der Waals surface area contributed by atoms with Gasteiger partial charge in [0.15, 0.2) is 0 Å². The minimum atomic E-state index is -0.225. The van der Waals surface area contributed by atoms with Crippen LogP contribution in [0.5, 0.6) is 0 Å². The first kappa shape index (κ1) is 20.8. The topological polar surface area (TPSA) is 85.8 Å². The zero-order valence-electron chi connectivity index (χ0n) is 18.3. The van der Waals surface area contributed by atoms with Crippen molar-refractivity contribution in [2.45, 2.75) is 52.6 Å². The van der Waals surface area contributed by atoms with Crippen LogP contribution < -0.4 is 5.32 Å². The lowest BCUT2D eigenvalue weighted by Crippen LogP contribution is -2.30. The fraction of sp³-hybridized carbons (Fsp3) is 0.333. The molecule has 0 aliphatic heterocycles. The van der Waals surface area contributed by atoms with E-state index in [1.807, 2.05) is 58.2 Å². The van der Waals surface area contributed by atoms with Crippen LogP contribution in [0, 0.1) is 6.92 Å². The van der Waals surface area contributed by atoms with Crippen LogP contribution in [-0.4, -0.2) is 25.6 Å². The van der Waals surface area contributed by atoms with E-state index in [4.69, 9.17) is 4.52 Å². The molecular weight excluding hydrogens is 390 g/mol. The average molecular weight is 418 g/mol. The molecule has 4 rings (SSSR count). The van der Waals surface area contributed by atoms with E-state index >= 15 is 0 Å². The van der Waals surface area contributed by atoms with E-state index in [2.05, 4.69) is 37.1 Å². The summed E-state index contributed by atoms with van der Waals surface area (Å²) in [5, 5.41) is 7.84. The number of nitrogens with one attached hydrogen (secondary N) is 1. The highest BCUT2D eigenvalue weighted by atomic mass is 16.5. The maximum atomic E-state index is 13.4. The predicted molar refractivity (Wildman–Crippen MR) is 119 cm³/mol. The van der Waals surface area contributed by atoms with Gasteiger partial charge in [0, 0.05) is 24.6 Å². The van der Waals surface area contributed by atoms with Crippen molar-refractivity contribution in [3.63, 3.8) is 0 Å². The minimum absolute atomic E-state index is 0.160. The molecule has 0 radical (unpaired) electrons. The summed E-state index contributed by atoms with van der Waals surface area (Å²) in [6.07, 6.45) is 4.44. The van der Waals surface area contributed by atoms with Crippen molar-refractivity contribution in [3.05, 3.63) is 77.1 Å². The number of aryl methyl sites for hydroxylation is 1. The number of pyridine rings is 1. The van der Waals surface area contributed by atoms with Crippen molar-refractivity contribution < 1.29 is 9.32 Å². The molecule has 1 unspecified atom stereocenters. The van der Waals surface area contributed by atoms with Crippen LogP contribution in [0.4, 0.5) is 0 Å². The second kappa shape index (κ2) is 8.71. The smallest absolute Gasteiger partial charge is 0.259 e. The SMILES string of the molecule is CCC(NC(=O)c1cc(C(C)C)nc2onc(C)c12)c1nccn1Cc1ccccc1. The summed E-state index contributed by atoms with van der Waals surface area (Å²) in [5.41, 5.74) is 3.56. The van der Waals surface area contributed by atoms with Crippen LogP contribution >= 0.6 is 0 Å². The molecule has 0 bridgehead atoms. The van der Waals surface area contributed by atoms with Gasteiger partial charge in [0.05, 0.1) is 22.7 Å². The van der Waals surface area contributed by atoms with E-state index in [0.717, 1.165) is 11.5 Å². The van der Waals surface area contributed by atoms with Gasteiger partial charge in [-0.1, -0.05) is 56.3 Å². The van der Waals surface area contributed by atoms with Gasteiger partial charge in [-0.25, -0.2) is 9.97 Å². The molecule has 1 aromatic carbocycles. The molecule has 1 N–H and O–H groups in total. The Kier molecular flexibility index (Phi) is 5.84. The van der Waals surface area contributed by atoms with Gasteiger partial charge in [-0.2, -0.15) is 0 Å². The molecule has 1 amide bonds. The molecule has 3 heterocycles. The molecule has 3 aromatic heterocycles. The Bertz CT molecular complexity index is 1190. The van der Waals surface area contributed by atoms with E-state index in [9.17, 15) is 4.79 Å². The number of amides is 1. The Morgan fingerprint density at radius 1 is 1.23 bits per heavy atom. The molecule has 0 aliphatic rings. The molecular formula is C24H27N5O2. The van der Waals surface area contributed by atoms with Gasteiger partial charge < -0.3 is 14.4 Å². The van der Waals surface area contributed by atoms with E-state index in [-0.39, 0.29) is 17.9 Å². The number of hydrogen-bond donors (Lipinski definition) is 1. The van der Waals surface area contributed by atoms with Gasteiger partial charge in [0.25, 0.3) is 11.6 Å². The number of nitrogens with zero attached hydrogens (tertiary/aromatic N) is 4. The molecule has 7 heteroatoms. The van der Waals surface area contributed by atoms with Crippen LogP contribution in [0.2, 0.25) is 0 Å². The second-order valence-corrected chi connectivity index (χ2v) is 8.03. The lowest BCUT2D eigenvalue weighted by molar-refractivity contribution is 0.0934. The summed E-state index contributed by atoms with van der Waals surface area (Å²) in [5.74, 6) is 0.811. The Labute approximate surface area is 181 Å². The fourth-order valence-corrected chi connectivity index (χ4v) is 3.72. The van der Waals surface area contributed by atoms with Gasteiger partial charge in [-0.15, -0.1) is 0 Å². The third kappa shape index (κ3) is 4.21.